The molecule has 1 aliphatic rings. The van der Waals surface area contributed by atoms with Gasteiger partial charge in [-0.2, -0.15) is 0 Å². The number of rotatable bonds is 0. The van der Waals surface area contributed by atoms with Gasteiger partial charge in [-0.15, -0.1) is 0 Å². The molecule has 0 fully saturated rings. The van der Waals surface area contributed by atoms with Gasteiger partial charge in [-0.3, -0.25) is 0 Å². The van der Waals surface area contributed by atoms with Crippen LogP contribution in [-0.2, 0) is 24.6 Å². The summed E-state index contributed by atoms with van der Waals surface area (Å²) in [6.45, 7) is 0. The van der Waals surface area contributed by atoms with Crippen LogP contribution in [0.25, 0.3) is 0 Å². The quantitative estimate of drug-likeness (QED) is 0.596. The molecule has 1 heterocycles. The van der Waals surface area contributed by atoms with Crippen molar-refractivity contribution in [3.8, 4) is 0 Å². The van der Waals surface area contributed by atoms with Crippen molar-refractivity contribution in [2.24, 2.45) is 0 Å². The summed E-state index contributed by atoms with van der Waals surface area (Å²) in [6.07, 6.45) is 0. The summed E-state index contributed by atoms with van der Waals surface area (Å²) in [7, 11) is 0. The molecular formula is C6H4Hg. The standard InChI is InChI=1S/C6H4.Hg/c1-2-4-6-5-3-1;/h1-4H;. The van der Waals surface area contributed by atoms with Crippen LogP contribution in [0.4, 0.5) is 0 Å². The summed E-state index contributed by atoms with van der Waals surface area (Å²) < 4.78 is 3.50. The van der Waals surface area contributed by atoms with E-state index >= 15 is 0 Å². The molecule has 0 amide bonds. The van der Waals surface area contributed by atoms with Gasteiger partial charge in [0.05, 0.1) is 0 Å². The summed E-state index contributed by atoms with van der Waals surface area (Å²) in [5, 5.41) is 0. The van der Waals surface area contributed by atoms with E-state index in [9.17, 15) is 0 Å². The molecule has 0 aliphatic carbocycles. The van der Waals surface area contributed by atoms with E-state index in [2.05, 4.69) is 24.3 Å². The molecule has 0 aromatic heterocycles. The predicted molar refractivity (Wildman–Crippen MR) is 25.7 cm³/mol. The molecule has 1 heteroatoms. The van der Waals surface area contributed by atoms with E-state index < -0.39 is 24.6 Å². The van der Waals surface area contributed by atoms with Crippen molar-refractivity contribution in [3.05, 3.63) is 24.3 Å². The molecule has 1 aromatic carbocycles. The van der Waals surface area contributed by atoms with E-state index in [1.807, 2.05) is 0 Å². The van der Waals surface area contributed by atoms with Crippen LogP contribution in [0.15, 0.2) is 24.3 Å². The Labute approximate surface area is 55.0 Å². The second-order valence-electron chi connectivity index (χ2n) is 1.95. The van der Waals surface area contributed by atoms with Crippen LogP contribution >= 0.6 is 0 Å². The van der Waals surface area contributed by atoms with Crippen molar-refractivity contribution >= 4 is 6.14 Å². The topological polar surface area (TPSA) is 0 Å². The molecule has 0 N–H and O–H groups in total. The van der Waals surface area contributed by atoms with E-state index in [0.29, 0.717) is 0 Å². The summed E-state index contributed by atoms with van der Waals surface area (Å²) in [5.41, 5.74) is 0. The third-order valence-corrected chi connectivity index (χ3v) is 7.76. The summed E-state index contributed by atoms with van der Waals surface area (Å²) in [6, 6.07) is 8.84. The molecule has 2 rings (SSSR count). The van der Waals surface area contributed by atoms with E-state index in [4.69, 9.17) is 0 Å². The van der Waals surface area contributed by atoms with Gasteiger partial charge in [0.25, 0.3) is 0 Å². The SMILES string of the molecule is c1cc[c]2[c](c1)[Hg]2. The molecule has 0 nitrogen and oxygen atoms in total. The van der Waals surface area contributed by atoms with Crippen LogP contribution in [0.1, 0.15) is 0 Å². The predicted octanol–water partition coefficient (Wildman–Crippen LogP) is 0.0333. The van der Waals surface area contributed by atoms with Crippen LogP contribution in [0.2, 0.25) is 0 Å². The second-order valence-corrected chi connectivity index (χ2v) is 9.24. The zero-order valence-corrected chi connectivity index (χ0v) is 9.51. The van der Waals surface area contributed by atoms with Crippen LogP contribution in [0, 0.1) is 0 Å². The Morgan fingerprint density at radius 2 is 1.57 bits per heavy atom. The molecule has 0 atom stereocenters. The van der Waals surface area contributed by atoms with Crippen LogP contribution in [0.5, 0.6) is 0 Å². The van der Waals surface area contributed by atoms with Crippen LogP contribution < -0.4 is 6.14 Å². The van der Waals surface area contributed by atoms with Gasteiger partial charge < -0.3 is 0 Å². The van der Waals surface area contributed by atoms with Gasteiger partial charge >= 0.3 is 55.0 Å². The van der Waals surface area contributed by atoms with Crippen molar-refractivity contribution in [1.29, 1.82) is 0 Å². The molecule has 1 aliphatic heterocycles. The monoisotopic (exact) mass is 278 g/mol. The Hall–Kier alpha value is 0.155. The first-order valence-electron chi connectivity index (χ1n) is 2.53. The summed E-state index contributed by atoms with van der Waals surface area (Å²) in [4.78, 5) is 0. The van der Waals surface area contributed by atoms with Crippen molar-refractivity contribution < 1.29 is 24.6 Å². The first-order chi connectivity index (χ1) is 3.47. The third-order valence-electron chi connectivity index (χ3n) is 1.37. The maximum absolute atomic E-state index is 2.27. The average molecular weight is 277 g/mol. The average Bonchev–Trinajstić information content (AvgIpc) is 2.41. The van der Waals surface area contributed by atoms with E-state index in [-0.39, 0.29) is 0 Å². The fraction of sp³-hybridized carbons (Fsp3) is 0. The Bertz CT molecular complexity index is 172. The molecule has 0 saturated carbocycles. The van der Waals surface area contributed by atoms with Crippen molar-refractivity contribution in [2.45, 2.75) is 0 Å². The van der Waals surface area contributed by atoms with E-state index in [1.165, 1.54) is 0 Å². The van der Waals surface area contributed by atoms with Gasteiger partial charge in [-0.25, -0.2) is 0 Å². The first-order valence-corrected chi connectivity index (χ1v) is 8.03. The summed E-state index contributed by atoms with van der Waals surface area (Å²) in [5.74, 6) is 0. The van der Waals surface area contributed by atoms with Crippen molar-refractivity contribution in [1.82, 2.24) is 0 Å². The fourth-order valence-electron chi connectivity index (χ4n) is 0.836. The molecule has 0 unspecified atom stereocenters. The van der Waals surface area contributed by atoms with Gasteiger partial charge in [-0.1, -0.05) is 0 Å². The number of fused-ring (bicyclic) bond motifs is 1. The molecule has 30 valence electrons. The first kappa shape index (κ1) is 4.08. The van der Waals surface area contributed by atoms with Gasteiger partial charge in [0.15, 0.2) is 0 Å². The van der Waals surface area contributed by atoms with Gasteiger partial charge in [0, 0.05) is 0 Å². The zero-order chi connectivity index (χ0) is 4.69. The second kappa shape index (κ2) is 1.31. The van der Waals surface area contributed by atoms with Crippen LogP contribution in [-0.4, -0.2) is 0 Å². The van der Waals surface area contributed by atoms with Gasteiger partial charge in [0.2, 0.25) is 0 Å². The number of hydrogen-bond donors (Lipinski definition) is 0. The molecular weight excluding hydrogens is 273 g/mol. The normalized spacial score (nSPS) is 10.9. The molecule has 1 aromatic rings. The number of benzene rings is 1. The maximum atomic E-state index is 2.27. The Morgan fingerprint density at radius 1 is 1.00 bits per heavy atom. The van der Waals surface area contributed by atoms with Crippen molar-refractivity contribution in [2.75, 3.05) is 0 Å². The zero-order valence-electron chi connectivity index (χ0n) is 4.02. The molecule has 0 radical (unpaired) electrons. The van der Waals surface area contributed by atoms with E-state index in [1.54, 1.807) is 6.14 Å². The Balaban J connectivity index is 2.73. The Kier molecular flexibility index (Phi) is 0.765. The molecule has 0 bridgehead atoms. The van der Waals surface area contributed by atoms with E-state index in [0.717, 1.165) is 0 Å². The van der Waals surface area contributed by atoms with Gasteiger partial charge in [-0.05, 0) is 0 Å². The fourth-order valence-corrected chi connectivity index (χ4v) is 4.98. The van der Waals surface area contributed by atoms with Gasteiger partial charge in [0.1, 0.15) is 0 Å². The molecule has 0 spiro atoms. The van der Waals surface area contributed by atoms with Crippen molar-refractivity contribution in [3.63, 3.8) is 0 Å². The minimum atomic E-state index is -0.399. The minimum absolute atomic E-state index is 0.399. The van der Waals surface area contributed by atoms with Crippen LogP contribution in [0.3, 0.4) is 0 Å². The summed E-state index contributed by atoms with van der Waals surface area (Å²) >= 11 is -0.399. The molecule has 0 saturated heterocycles. The third kappa shape index (κ3) is 0.614. The number of hydrogen-bond acceptors (Lipinski definition) is 0. The molecule has 7 heavy (non-hydrogen) atoms. The Morgan fingerprint density at radius 3 is 2.00 bits per heavy atom.